The molecule has 1 aromatic carbocycles. The van der Waals surface area contributed by atoms with Crippen LogP contribution in [0, 0.1) is 0 Å². The summed E-state index contributed by atoms with van der Waals surface area (Å²) in [5.41, 5.74) is -0.294. The number of aromatic hydroxyl groups is 1. The van der Waals surface area contributed by atoms with E-state index in [9.17, 15) is 9.90 Å². The van der Waals surface area contributed by atoms with Crippen LogP contribution < -0.4 is 10.6 Å². The van der Waals surface area contributed by atoms with Crippen molar-refractivity contribution in [2.45, 2.75) is 19.4 Å². The van der Waals surface area contributed by atoms with Gasteiger partial charge in [-0.2, -0.15) is 0 Å². The van der Waals surface area contributed by atoms with Gasteiger partial charge in [-0.25, -0.2) is 0 Å². The largest absolute Gasteiger partial charge is 0.506 e. The standard InChI is InChI=1S/C11H15BrN2O2/c1-11(2,13-3)10(16)14-8-6-7(12)4-5-9(8)15/h4-6,13,15H,1-3H3,(H,14,16). The Bertz CT molecular complexity index is 405. The zero-order chi connectivity index (χ0) is 12.3. The zero-order valence-electron chi connectivity index (χ0n) is 9.47. The highest BCUT2D eigenvalue weighted by molar-refractivity contribution is 9.10. The first-order valence-corrected chi connectivity index (χ1v) is 5.65. The lowest BCUT2D eigenvalue weighted by Gasteiger charge is -2.23. The molecule has 0 aliphatic carbocycles. The molecule has 0 saturated heterocycles. The molecule has 0 aromatic heterocycles. The first kappa shape index (κ1) is 13.0. The second-order valence-electron chi connectivity index (χ2n) is 3.99. The normalized spacial score (nSPS) is 11.2. The van der Waals surface area contributed by atoms with Gasteiger partial charge in [0.1, 0.15) is 5.75 Å². The van der Waals surface area contributed by atoms with Crippen molar-refractivity contribution < 1.29 is 9.90 Å². The van der Waals surface area contributed by atoms with Crippen LogP contribution in [0.25, 0.3) is 0 Å². The second kappa shape index (κ2) is 4.84. The average molecular weight is 287 g/mol. The minimum atomic E-state index is -0.686. The molecule has 0 heterocycles. The fourth-order valence-corrected chi connectivity index (χ4v) is 1.36. The Balaban J connectivity index is 2.89. The number of amides is 1. The number of anilines is 1. The van der Waals surface area contributed by atoms with Crippen molar-refractivity contribution in [2.24, 2.45) is 0 Å². The molecule has 0 aliphatic heterocycles. The molecule has 1 rings (SSSR count). The van der Waals surface area contributed by atoms with Crippen LogP contribution in [-0.2, 0) is 4.79 Å². The molecule has 0 fully saturated rings. The summed E-state index contributed by atoms with van der Waals surface area (Å²) in [6, 6.07) is 4.87. The van der Waals surface area contributed by atoms with Gasteiger partial charge in [0, 0.05) is 4.47 Å². The maximum Gasteiger partial charge on any atom is 0.244 e. The second-order valence-corrected chi connectivity index (χ2v) is 4.91. The Morgan fingerprint density at radius 1 is 1.44 bits per heavy atom. The van der Waals surface area contributed by atoms with Crippen LogP contribution >= 0.6 is 15.9 Å². The number of halogens is 1. The van der Waals surface area contributed by atoms with Crippen LogP contribution in [0.1, 0.15) is 13.8 Å². The van der Waals surface area contributed by atoms with Gasteiger partial charge >= 0.3 is 0 Å². The number of hydrogen-bond acceptors (Lipinski definition) is 3. The molecule has 88 valence electrons. The summed E-state index contributed by atoms with van der Waals surface area (Å²) in [5.74, 6) is -0.160. The highest BCUT2D eigenvalue weighted by Gasteiger charge is 2.25. The first-order valence-electron chi connectivity index (χ1n) is 4.85. The number of likely N-dealkylation sites (N-methyl/N-ethyl adjacent to an activating group) is 1. The highest BCUT2D eigenvalue weighted by atomic mass is 79.9. The predicted octanol–water partition coefficient (Wildman–Crippen LogP) is 2.09. The first-order chi connectivity index (χ1) is 7.36. The van der Waals surface area contributed by atoms with Crippen molar-refractivity contribution in [3.05, 3.63) is 22.7 Å². The number of hydrogen-bond donors (Lipinski definition) is 3. The van der Waals surface area contributed by atoms with Gasteiger partial charge in [0.25, 0.3) is 0 Å². The molecule has 4 nitrogen and oxygen atoms in total. The van der Waals surface area contributed by atoms with Crippen LogP contribution in [-0.4, -0.2) is 23.6 Å². The molecule has 0 atom stereocenters. The van der Waals surface area contributed by atoms with Crippen LogP contribution in [0.15, 0.2) is 22.7 Å². The van der Waals surface area contributed by atoms with Crippen LogP contribution in [0.3, 0.4) is 0 Å². The molecule has 1 aromatic rings. The summed E-state index contributed by atoms with van der Waals surface area (Å²) in [5, 5.41) is 15.1. The number of carbonyl (C=O) groups excluding carboxylic acids is 1. The predicted molar refractivity (Wildman–Crippen MR) is 67.6 cm³/mol. The Morgan fingerprint density at radius 2 is 2.06 bits per heavy atom. The van der Waals surface area contributed by atoms with E-state index in [-0.39, 0.29) is 11.7 Å². The number of nitrogens with one attached hydrogen (secondary N) is 2. The molecule has 5 heteroatoms. The van der Waals surface area contributed by atoms with Crippen molar-refractivity contribution in [1.82, 2.24) is 5.32 Å². The van der Waals surface area contributed by atoms with Crippen LogP contribution in [0.4, 0.5) is 5.69 Å². The third kappa shape index (κ3) is 2.96. The van der Waals surface area contributed by atoms with Crippen LogP contribution in [0.5, 0.6) is 5.75 Å². The third-order valence-electron chi connectivity index (χ3n) is 2.40. The molecule has 0 saturated carbocycles. The lowest BCUT2D eigenvalue weighted by molar-refractivity contribution is -0.121. The number of phenols is 1. The van der Waals surface area contributed by atoms with Crippen molar-refractivity contribution in [2.75, 3.05) is 12.4 Å². The Labute approximate surface area is 103 Å². The van der Waals surface area contributed by atoms with Crippen molar-refractivity contribution in [3.63, 3.8) is 0 Å². The van der Waals surface area contributed by atoms with E-state index in [1.54, 1.807) is 33.0 Å². The molecule has 0 radical (unpaired) electrons. The Kier molecular flexibility index (Phi) is 3.93. The quantitative estimate of drug-likeness (QED) is 0.746. The van der Waals surface area contributed by atoms with Gasteiger partial charge < -0.3 is 15.7 Å². The molecule has 0 bridgehead atoms. The van der Waals surface area contributed by atoms with Gasteiger partial charge in [-0.1, -0.05) is 15.9 Å². The topological polar surface area (TPSA) is 61.4 Å². The molecule has 0 spiro atoms. The molecule has 3 N–H and O–H groups in total. The minimum Gasteiger partial charge on any atom is -0.506 e. The minimum absolute atomic E-state index is 0.0449. The van der Waals surface area contributed by atoms with E-state index in [0.717, 1.165) is 4.47 Å². The maximum atomic E-state index is 11.8. The smallest absolute Gasteiger partial charge is 0.244 e. The van der Waals surface area contributed by atoms with E-state index < -0.39 is 5.54 Å². The monoisotopic (exact) mass is 286 g/mol. The summed E-state index contributed by atoms with van der Waals surface area (Å²) < 4.78 is 0.794. The fourth-order valence-electron chi connectivity index (χ4n) is 1.00. The van der Waals surface area contributed by atoms with Gasteiger partial charge in [-0.15, -0.1) is 0 Å². The summed E-state index contributed by atoms with van der Waals surface area (Å²) in [6.07, 6.45) is 0. The zero-order valence-corrected chi connectivity index (χ0v) is 11.1. The summed E-state index contributed by atoms with van der Waals surface area (Å²) >= 11 is 3.28. The van der Waals surface area contributed by atoms with Gasteiger partial charge in [-0.05, 0) is 39.1 Å². The lowest BCUT2D eigenvalue weighted by Crippen LogP contribution is -2.47. The molecule has 0 unspecified atom stereocenters. The summed E-state index contributed by atoms with van der Waals surface area (Å²) in [4.78, 5) is 11.8. The van der Waals surface area contributed by atoms with Crippen LogP contribution in [0.2, 0.25) is 0 Å². The van der Waals surface area contributed by atoms with Crippen molar-refractivity contribution in [1.29, 1.82) is 0 Å². The number of benzene rings is 1. The number of rotatable bonds is 3. The molecule has 1 amide bonds. The van der Waals surface area contributed by atoms with Gasteiger partial charge in [0.05, 0.1) is 11.2 Å². The summed E-state index contributed by atoms with van der Waals surface area (Å²) in [6.45, 7) is 3.52. The Morgan fingerprint density at radius 3 is 2.62 bits per heavy atom. The third-order valence-corrected chi connectivity index (χ3v) is 2.89. The maximum absolute atomic E-state index is 11.8. The highest BCUT2D eigenvalue weighted by Crippen LogP contribution is 2.27. The number of phenolic OH excluding ortho intramolecular Hbond substituents is 1. The SMILES string of the molecule is CNC(C)(C)C(=O)Nc1cc(Br)ccc1O. The van der Waals surface area contributed by atoms with E-state index >= 15 is 0 Å². The summed E-state index contributed by atoms with van der Waals surface area (Å²) in [7, 11) is 1.71. The Hall–Kier alpha value is -1.07. The van der Waals surface area contributed by atoms with E-state index in [1.165, 1.54) is 6.07 Å². The molecular weight excluding hydrogens is 272 g/mol. The molecule has 16 heavy (non-hydrogen) atoms. The van der Waals surface area contributed by atoms with Gasteiger partial charge in [-0.3, -0.25) is 4.79 Å². The van der Waals surface area contributed by atoms with Gasteiger partial charge in [0.15, 0.2) is 0 Å². The number of carbonyl (C=O) groups is 1. The fraction of sp³-hybridized carbons (Fsp3) is 0.364. The lowest BCUT2D eigenvalue weighted by atomic mass is 10.1. The molecular formula is C11H15BrN2O2. The van der Waals surface area contributed by atoms with Gasteiger partial charge in [0.2, 0.25) is 5.91 Å². The average Bonchev–Trinajstić information content (AvgIpc) is 2.23. The van der Waals surface area contributed by atoms with E-state index in [0.29, 0.717) is 5.69 Å². The van der Waals surface area contributed by atoms with E-state index in [4.69, 9.17) is 0 Å². The molecule has 0 aliphatic rings. The van der Waals surface area contributed by atoms with E-state index in [2.05, 4.69) is 26.6 Å². The van der Waals surface area contributed by atoms with Crippen molar-refractivity contribution >= 4 is 27.5 Å². The van der Waals surface area contributed by atoms with E-state index in [1.807, 2.05) is 0 Å². The van der Waals surface area contributed by atoms with Crippen molar-refractivity contribution in [3.8, 4) is 5.75 Å².